The topological polar surface area (TPSA) is 46.2 Å². The molecule has 3 nitrogen and oxygen atoms in total. The molecule has 1 aliphatic heterocycles. The Labute approximate surface area is 104 Å². The molecule has 0 aromatic rings. The van der Waals surface area contributed by atoms with E-state index in [0.29, 0.717) is 18.8 Å². The van der Waals surface area contributed by atoms with Gasteiger partial charge in [0.15, 0.2) is 0 Å². The van der Waals surface area contributed by atoms with Crippen molar-refractivity contribution in [3.8, 4) is 0 Å². The molecule has 0 aliphatic carbocycles. The SMILES string of the molecule is CCCCCCCCCC1CC(=O)NC(=O)C1. The predicted octanol–water partition coefficient (Wildman–Crippen LogP) is 3.18. The second-order valence-electron chi connectivity index (χ2n) is 5.16. The van der Waals surface area contributed by atoms with Gasteiger partial charge in [-0.05, 0) is 12.3 Å². The van der Waals surface area contributed by atoms with Crippen LogP contribution in [-0.4, -0.2) is 11.8 Å². The molecule has 2 amide bonds. The Balaban J connectivity index is 1.98. The number of rotatable bonds is 8. The van der Waals surface area contributed by atoms with Gasteiger partial charge in [0, 0.05) is 12.8 Å². The number of carbonyl (C=O) groups excluding carboxylic acids is 2. The van der Waals surface area contributed by atoms with Gasteiger partial charge in [-0.25, -0.2) is 0 Å². The standard InChI is InChI=1S/C14H25NO2/c1-2-3-4-5-6-7-8-9-12-10-13(16)15-14(17)11-12/h12H,2-11H2,1H3,(H,15,16,17). The maximum Gasteiger partial charge on any atom is 0.226 e. The van der Waals surface area contributed by atoms with Crippen molar-refractivity contribution in [2.45, 2.75) is 71.1 Å². The van der Waals surface area contributed by atoms with Crippen molar-refractivity contribution in [1.29, 1.82) is 0 Å². The van der Waals surface area contributed by atoms with Crippen molar-refractivity contribution in [3.63, 3.8) is 0 Å². The molecule has 0 bridgehead atoms. The molecule has 0 spiro atoms. The minimum Gasteiger partial charge on any atom is -0.296 e. The van der Waals surface area contributed by atoms with Gasteiger partial charge in [0.05, 0.1) is 0 Å². The van der Waals surface area contributed by atoms with Gasteiger partial charge in [-0.15, -0.1) is 0 Å². The molecular weight excluding hydrogens is 214 g/mol. The normalized spacial score (nSPS) is 17.2. The lowest BCUT2D eigenvalue weighted by Crippen LogP contribution is -2.38. The fourth-order valence-corrected chi connectivity index (χ4v) is 2.45. The van der Waals surface area contributed by atoms with E-state index in [1.54, 1.807) is 0 Å². The van der Waals surface area contributed by atoms with E-state index in [-0.39, 0.29) is 11.8 Å². The number of amides is 2. The van der Waals surface area contributed by atoms with Crippen LogP contribution in [0.15, 0.2) is 0 Å². The number of piperidine rings is 1. The molecule has 1 aliphatic rings. The molecular formula is C14H25NO2. The minimum absolute atomic E-state index is 0.0887. The van der Waals surface area contributed by atoms with Gasteiger partial charge in [-0.1, -0.05) is 51.9 Å². The summed E-state index contributed by atoms with van der Waals surface area (Å²) in [6.45, 7) is 2.23. The number of unbranched alkanes of at least 4 members (excludes halogenated alkanes) is 6. The Morgan fingerprint density at radius 2 is 1.47 bits per heavy atom. The number of imide groups is 1. The summed E-state index contributed by atoms with van der Waals surface area (Å²) in [5.41, 5.74) is 0. The summed E-state index contributed by atoms with van der Waals surface area (Å²) in [5, 5.41) is 2.36. The maximum absolute atomic E-state index is 11.2. The van der Waals surface area contributed by atoms with E-state index in [2.05, 4.69) is 12.2 Å². The van der Waals surface area contributed by atoms with Gasteiger partial charge in [-0.2, -0.15) is 0 Å². The monoisotopic (exact) mass is 239 g/mol. The van der Waals surface area contributed by atoms with Crippen LogP contribution in [0, 0.1) is 5.92 Å². The lowest BCUT2D eigenvalue weighted by molar-refractivity contribution is -0.134. The summed E-state index contributed by atoms with van der Waals surface area (Å²) >= 11 is 0. The summed E-state index contributed by atoms with van der Waals surface area (Å²) in [4.78, 5) is 22.3. The Kier molecular flexibility index (Phi) is 6.90. The molecule has 0 saturated carbocycles. The van der Waals surface area contributed by atoms with Crippen LogP contribution in [0.25, 0.3) is 0 Å². The molecule has 1 saturated heterocycles. The van der Waals surface area contributed by atoms with Crippen LogP contribution >= 0.6 is 0 Å². The van der Waals surface area contributed by atoms with Crippen LogP contribution in [0.4, 0.5) is 0 Å². The molecule has 1 fully saturated rings. The first-order valence-electron chi connectivity index (χ1n) is 7.05. The first kappa shape index (κ1) is 14.2. The zero-order valence-electron chi connectivity index (χ0n) is 11.0. The third kappa shape index (κ3) is 6.44. The molecule has 0 aromatic carbocycles. The summed E-state index contributed by atoms with van der Waals surface area (Å²) in [5.74, 6) is 0.121. The van der Waals surface area contributed by atoms with Gasteiger partial charge in [0.2, 0.25) is 11.8 Å². The van der Waals surface area contributed by atoms with Crippen LogP contribution in [0.2, 0.25) is 0 Å². The summed E-state index contributed by atoms with van der Waals surface area (Å²) < 4.78 is 0. The first-order chi connectivity index (χ1) is 8.22. The summed E-state index contributed by atoms with van der Waals surface area (Å²) in [6.07, 6.45) is 11.1. The number of hydrogen-bond donors (Lipinski definition) is 1. The molecule has 0 radical (unpaired) electrons. The number of carbonyl (C=O) groups is 2. The molecule has 0 aromatic heterocycles. The average molecular weight is 239 g/mol. The molecule has 17 heavy (non-hydrogen) atoms. The van der Waals surface area contributed by atoms with Crippen molar-refractivity contribution < 1.29 is 9.59 Å². The van der Waals surface area contributed by atoms with E-state index in [4.69, 9.17) is 0 Å². The Hall–Kier alpha value is -0.860. The lowest BCUT2D eigenvalue weighted by Gasteiger charge is -2.20. The summed E-state index contributed by atoms with van der Waals surface area (Å²) in [6, 6.07) is 0. The second kappa shape index (κ2) is 8.26. The number of nitrogens with one attached hydrogen (secondary N) is 1. The summed E-state index contributed by atoms with van der Waals surface area (Å²) in [7, 11) is 0. The molecule has 1 N–H and O–H groups in total. The highest BCUT2D eigenvalue weighted by atomic mass is 16.2. The van der Waals surface area contributed by atoms with Crippen molar-refractivity contribution in [2.24, 2.45) is 5.92 Å². The van der Waals surface area contributed by atoms with Gasteiger partial charge < -0.3 is 0 Å². The fourth-order valence-electron chi connectivity index (χ4n) is 2.45. The fraction of sp³-hybridized carbons (Fsp3) is 0.857. The molecule has 1 rings (SSSR count). The smallest absolute Gasteiger partial charge is 0.226 e. The molecule has 1 heterocycles. The zero-order chi connectivity index (χ0) is 12.5. The van der Waals surface area contributed by atoms with E-state index >= 15 is 0 Å². The molecule has 3 heteroatoms. The third-order valence-corrected chi connectivity index (χ3v) is 3.44. The molecule has 0 atom stereocenters. The average Bonchev–Trinajstić information content (AvgIpc) is 2.26. The van der Waals surface area contributed by atoms with Crippen LogP contribution in [0.1, 0.15) is 71.1 Å². The predicted molar refractivity (Wildman–Crippen MR) is 68.5 cm³/mol. The van der Waals surface area contributed by atoms with Crippen LogP contribution < -0.4 is 5.32 Å². The highest BCUT2D eigenvalue weighted by Gasteiger charge is 2.23. The van der Waals surface area contributed by atoms with E-state index in [1.165, 1.54) is 38.5 Å². The quantitative estimate of drug-likeness (QED) is 0.522. The largest absolute Gasteiger partial charge is 0.296 e. The zero-order valence-corrected chi connectivity index (χ0v) is 11.0. The Morgan fingerprint density at radius 1 is 0.941 bits per heavy atom. The van der Waals surface area contributed by atoms with E-state index in [1.807, 2.05) is 0 Å². The second-order valence-corrected chi connectivity index (χ2v) is 5.16. The van der Waals surface area contributed by atoms with Crippen LogP contribution in [-0.2, 0) is 9.59 Å². The van der Waals surface area contributed by atoms with Crippen LogP contribution in [0.3, 0.4) is 0 Å². The minimum atomic E-state index is -0.0887. The van der Waals surface area contributed by atoms with Crippen molar-refractivity contribution in [2.75, 3.05) is 0 Å². The lowest BCUT2D eigenvalue weighted by atomic mass is 9.91. The van der Waals surface area contributed by atoms with Crippen molar-refractivity contribution in [3.05, 3.63) is 0 Å². The molecule has 98 valence electrons. The van der Waals surface area contributed by atoms with Gasteiger partial charge in [0.1, 0.15) is 0 Å². The van der Waals surface area contributed by atoms with Gasteiger partial charge in [-0.3, -0.25) is 14.9 Å². The van der Waals surface area contributed by atoms with Crippen molar-refractivity contribution in [1.82, 2.24) is 5.32 Å². The van der Waals surface area contributed by atoms with E-state index in [0.717, 1.165) is 12.8 Å². The third-order valence-electron chi connectivity index (χ3n) is 3.44. The molecule has 0 unspecified atom stereocenters. The number of hydrogen-bond acceptors (Lipinski definition) is 2. The first-order valence-corrected chi connectivity index (χ1v) is 7.05. The van der Waals surface area contributed by atoms with Gasteiger partial charge >= 0.3 is 0 Å². The van der Waals surface area contributed by atoms with Gasteiger partial charge in [0.25, 0.3) is 0 Å². The highest BCUT2D eigenvalue weighted by Crippen LogP contribution is 2.21. The van der Waals surface area contributed by atoms with E-state index < -0.39 is 0 Å². The van der Waals surface area contributed by atoms with E-state index in [9.17, 15) is 9.59 Å². The maximum atomic E-state index is 11.2. The Morgan fingerprint density at radius 3 is 2.06 bits per heavy atom. The Bertz CT molecular complexity index is 235. The van der Waals surface area contributed by atoms with Crippen LogP contribution in [0.5, 0.6) is 0 Å². The highest BCUT2D eigenvalue weighted by molar-refractivity contribution is 5.97. The van der Waals surface area contributed by atoms with Crippen molar-refractivity contribution >= 4 is 11.8 Å².